The standard InChI is InChI=1S/C29H27ClF3N5O3/c1-17(8-24-14-34-15-25(30)36-24)18-6-5-7-23(12-18)37-26(39)20-9-19(10-22(11-20)29(31,32)33)21-13-35-38(16-21)27(40)41-28(2,3)4/h5-7,9-17H,8H2,1-4H3,(H,37,39)/t17-/m1/s1. The Bertz CT molecular complexity index is 1580. The first-order valence-electron chi connectivity index (χ1n) is 12.6. The summed E-state index contributed by atoms with van der Waals surface area (Å²) in [5, 5.41) is 6.88. The number of rotatable bonds is 6. The Morgan fingerprint density at radius 2 is 1.80 bits per heavy atom. The average Bonchev–Trinajstić information content (AvgIpc) is 3.38. The fourth-order valence-electron chi connectivity index (χ4n) is 4.01. The Kier molecular flexibility index (Phi) is 8.48. The van der Waals surface area contributed by atoms with Gasteiger partial charge in [-0.1, -0.05) is 30.7 Å². The van der Waals surface area contributed by atoms with E-state index < -0.39 is 29.3 Å². The summed E-state index contributed by atoms with van der Waals surface area (Å²) in [5.41, 5.74) is 0.231. The zero-order valence-corrected chi connectivity index (χ0v) is 23.4. The molecule has 0 fully saturated rings. The first kappa shape index (κ1) is 29.7. The van der Waals surface area contributed by atoms with Crippen LogP contribution in [0.3, 0.4) is 0 Å². The molecule has 0 bridgehead atoms. The number of nitrogens with one attached hydrogen (secondary N) is 1. The smallest absolute Gasteiger partial charge is 0.435 e. The summed E-state index contributed by atoms with van der Waals surface area (Å²) in [6.07, 6.45) is 0.583. The van der Waals surface area contributed by atoms with Crippen molar-refractivity contribution in [2.45, 2.75) is 51.8 Å². The molecule has 4 aromatic rings. The summed E-state index contributed by atoms with van der Waals surface area (Å²) in [6.45, 7) is 7.01. The first-order chi connectivity index (χ1) is 19.2. The number of nitrogens with zero attached hydrogens (tertiary/aromatic N) is 4. The first-order valence-corrected chi connectivity index (χ1v) is 12.9. The molecule has 0 aliphatic rings. The van der Waals surface area contributed by atoms with Gasteiger partial charge in [-0.3, -0.25) is 9.78 Å². The molecule has 0 saturated carbocycles. The lowest BCUT2D eigenvalue weighted by Crippen LogP contribution is -2.27. The monoisotopic (exact) mass is 585 g/mol. The van der Waals surface area contributed by atoms with Crippen molar-refractivity contribution in [3.63, 3.8) is 0 Å². The predicted octanol–water partition coefficient (Wildman–Crippen LogP) is 7.39. The van der Waals surface area contributed by atoms with Gasteiger partial charge in [0.05, 0.1) is 23.7 Å². The van der Waals surface area contributed by atoms with Crippen LogP contribution in [-0.4, -0.2) is 37.3 Å². The quantitative estimate of drug-likeness (QED) is 0.253. The van der Waals surface area contributed by atoms with Gasteiger partial charge >= 0.3 is 12.3 Å². The molecule has 214 valence electrons. The third-order valence-electron chi connectivity index (χ3n) is 5.90. The summed E-state index contributed by atoms with van der Waals surface area (Å²) >= 11 is 5.93. The second kappa shape index (κ2) is 11.7. The highest BCUT2D eigenvalue weighted by atomic mass is 35.5. The van der Waals surface area contributed by atoms with E-state index in [2.05, 4.69) is 20.4 Å². The van der Waals surface area contributed by atoms with E-state index in [1.165, 1.54) is 24.7 Å². The number of ether oxygens (including phenoxy) is 1. The molecule has 0 aliphatic carbocycles. The molecule has 4 rings (SSSR count). The molecule has 0 saturated heterocycles. The summed E-state index contributed by atoms with van der Waals surface area (Å²) in [6, 6.07) is 10.0. The minimum absolute atomic E-state index is 0.0127. The van der Waals surface area contributed by atoms with E-state index in [1.807, 2.05) is 13.0 Å². The van der Waals surface area contributed by atoms with Crippen LogP contribution in [0.25, 0.3) is 11.1 Å². The van der Waals surface area contributed by atoms with E-state index in [0.29, 0.717) is 17.8 Å². The van der Waals surface area contributed by atoms with E-state index >= 15 is 0 Å². The van der Waals surface area contributed by atoms with Gasteiger partial charge in [0.1, 0.15) is 10.8 Å². The van der Waals surface area contributed by atoms with Gasteiger partial charge in [0, 0.05) is 29.2 Å². The van der Waals surface area contributed by atoms with Crippen LogP contribution >= 0.6 is 11.6 Å². The Balaban J connectivity index is 1.58. The molecular weight excluding hydrogens is 559 g/mol. The maximum atomic E-state index is 13.8. The van der Waals surface area contributed by atoms with Crippen molar-refractivity contribution in [1.29, 1.82) is 0 Å². The van der Waals surface area contributed by atoms with Crippen molar-refractivity contribution in [1.82, 2.24) is 19.7 Å². The summed E-state index contributed by atoms with van der Waals surface area (Å²) in [7, 11) is 0. The topological polar surface area (TPSA) is 99.0 Å². The summed E-state index contributed by atoms with van der Waals surface area (Å²) < 4.78 is 47.5. The predicted molar refractivity (Wildman–Crippen MR) is 148 cm³/mol. The number of amides is 1. The van der Waals surface area contributed by atoms with E-state index in [4.69, 9.17) is 16.3 Å². The summed E-state index contributed by atoms with van der Waals surface area (Å²) in [5.74, 6) is -0.747. The molecule has 1 N–H and O–H groups in total. The Morgan fingerprint density at radius 1 is 1.05 bits per heavy atom. The van der Waals surface area contributed by atoms with E-state index in [0.717, 1.165) is 22.4 Å². The van der Waals surface area contributed by atoms with Crippen LogP contribution in [0.4, 0.5) is 23.7 Å². The molecule has 0 unspecified atom stereocenters. The lowest BCUT2D eigenvalue weighted by Gasteiger charge is -2.18. The van der Waals surface area contributed by atoms with Crippen molar-refractivity contribution in [2.24, 2.45) is 0 Å². The van der Waals surface area contributed by atoms with Gasteiger partial charge in [0.25, 0.3) is 5.91 Å². The fraction of sp³-hybridized carbons (Fsp3) is 0.276. The largest absolute Gasteiger partial charge is 0.442 e. The van der Waals surface area contributed by atoms with Gasteiger partial charge in [-0.2, -0.15) is 23.0 Å². The third-order valence-corrected chi connectivity index (χ3v) is 6.09. The average molecular weight is 586 g/mol. The number of hydrogen-bond donors (Lipinski definition) is 1. The SMILES string of the molecule is C[C@H](Cc1cncc(Cl)n1)c1cccc(NC(=O)c2cc(-c3cnn(C(=O)OC(C)(C)C)c3)cc(C(F)(F)F)c2)c1. The van der Waals surface area contributed by atoms with Crippen LogP contribution in [0, 0.1) is 0 Å². The minimum Gasteiger partial charge on any atom is -0.442 e. The van der Waals surface area contributed by atoms with Gasteiger partial charge in [-0.05, 0) is 74.6 Å². The second-order valence-electron chi connectivity index (χ2n) is 10.5. The van der Waals surface area contributed by atoms with Crippen LogP contribution in [-0.2, 0) is 17.3 Å². The Labute approximate surface area is 239 Å². The van der Waals surface area contributed by atoms with Crippen LogP contribution in [0.5, 0.6) is 0 Å². The van der Waals surface area contributed by atoms with Gasteiger partial charge in [-0.15, -0.1) is 0 Å². The van der Waals surface area contributed by atoms with E-state index in [1.54, 1.807) is 45.2 Å². The Morgan fingerprint density at radius 3 is 2.49 bits per heavy atom. The molecule has 2 aromatic heterocycles. The molecule has 2 heterocycles. The van der Waals surface area contributed by atoms with Gasteiger partial charge in [0.2, 0.25) is 0 Å². The van der Waals surface area contributed by atoms with Gasteiger partial charge in [0.15, 0.2) is 0 Å². The van der Waals surface area contributed by atoms with Crippen molar-refractivity contribution in [3.05, 3.63) is 94.8 Å². The number of anilines is 1. The highest BCUT2D eigenvalue weighted by Crippen LogP contribution is 2.34. The molecule has 0 spiro atoms. The van der Waals surface area contributed by atoms with E-state index in [-0.39, 0.29) is 27.8 Å². The molecule has 1 atom stereocenters. The second-order valence-corrected chi connectivity index (χ2v) is 10.9. The molecule has 0 aliphatic heterocycles. The molecule has 0 radical (unpaired) electrons. The highest BCUT2D eigenvalue weighted by molar-refractivity contribution is 6.29. The zero-order chi connectivity index (χ0) is 29.9. The van der Waals surface area contributed by atoms with Crippen molar-refractivity contribution < 1.29 is 27.5 Å². The Hall–Kier alpha value is -4.25. The van der Waals surface area contributed by atoms with Crippen LogP contribution in [0.15, 0.2) is 67.3 Å². The van der Waals surface area contributed by atoms with Crippen LogP contribution in [0.1, 0.15) is 60.8 Å². The lowest BCUT2D eigenvalue weighted by molar-refractivity contribution is -0.137. The highest BCUT2D eigenvalue weighted by Gasteiger charge is 2.32. The maximum Gasteiger partial charge on any atom is 0.435 e. The minimum atomic E-state index is -4.72. The molecule has 1 amide bonds. The maximum absolute atomic E-state index is 13.8. The zero-order valence-electron chi connectivity index (χ0n) is 22.7. The number of carbonyl (C=O) groups excluding carboxylic acids is 2. The number of benzene rings is 2. The van der Waals surface area contributed by atoms with Gasteiger partial charge in [-0.25, -0.2) is 9.78 Å². The molecule has 41 heavy (non-hydrogen) atoms. The van der Waals surface area contributed by atoms with Gasteiger partial charge < -0.3 is 10.1 Å². The van der Waals surface area contributed by atoms with Crippen molar-refractivity contribution >= 4 is 29.3 Å². The lowest BCUT2D eigenvalue weighted by atomic mass is 9.96. The molecule has 12 heteroatoms. The van der Waals surface area contributed by atoms with Crippen molar-refractivity contribution in [2.75, 3.05) is 5.32 Å². The number of aromatic nitrogens is 4. The van der Waals surface area contributed by atoms with Crippen molar-refractivity contribution in [3.8, 4) is 11.1 Å². The molecular formula is C29H27ClF3N5O3. The van der Waals surface area contributed by atoms with Crippen LogP contribution in [0.2, 0.25) is 5.15 Å². The van der Waals surface area contributed by atoms with Crippen LogP contribution < -0.4 is 5.32 Å². The third kappa shape index (κ3) is 7.91. The fourth-order valence-corrected chi connectivity index (χ4v) is 4.17. The van der Waals surface area contributed by atoms with E-state index in [9.17, 15) is 22.8 Å². The summed E-state index contributed by atoms with van der Waals surface area (Å²) in [4.78, 5) is 33.8. The normalized spacial score (nSPS) is 12.6. The number of carbonyl (C=O) groups is 2. The number of alkyl halides is 3. The number of hydrogen-bond acceptors (Lipinski definition) is 6. The molecule has 8 nitrogen and oxygen atoms in total. The molecule has 2 aromatic carbocycles. The number of halogens is 4.